The molecule has 1 saturated heterocycles. The number of hydrogen-bond donors (Lipinski definition) is 0. The van der Waals surface area contributed by atoms with E-state index in [1.807, 2.05) is 35.8 Å². The number of aryl methyl sites for hydroxylation is 2. The van der Waals surface area contributed by atoms with Gasteiger partial charge < -0.3 is 14.4 Å². The van der Waals surface area contributed by atoms with E-state index in [0.717, 1.165) is 41.0 Å². The van der Waals surface area contributed by atoms with Gasteiger partial charge in [0.05, 0.1) is 18.9 Å². The number of benzene rings is 1. The summed E-state index contributed by atoms with van der Waals surface area (Å²) in [5.74, 6) is 0.791. The third-order valence-electron chi connectivity index (χ3n) is 6.00. The lowest BCUT2D eigenvalue weighted by Gasteiger charge is -2.16. The summed E-state index contributed by atoms with van der Waals surface area (Å²) >= 11 is 0. The molecule has 0 aliphatic carbocycles. The van der Waals surface area contributed by atoms with Crippen LogP contribution in [0, 0.1) is 12.8 Å². The summed E-state index contributed by atoms with van der Waals surface area (Å²) in [6, 6.07) is 10.2. The molecule has 0 spiro atoms. The van der Waals surface area contributed by atoms with E-state index in [2.05, 4.69) is 34.3 Å². The zero-order valence-electron chi connectivity index (χ0n) is 17.9. The Labute approximate surface area is 181 Å². The summed E-state index contributed by atoms with van der Waals surface area (Å²) in [5, 5.41) is 4.41. The average molecular weight is 418 g/mol. The van der Waals surface area contributed by atoms with Crippen molar-refractivity contribution in [2.45, 2.75) is 26.4 Å². The summed E-state index contributed by atoms with van der Waals surface area (Å²) in [5.41, 5.74) is 5.92. The smallest absolute Gasteiger partial charge is 0.260 e. The first-order chi connectivity index (χ1) is 15.1. The van der Waals surface area contributed by atoms with Gasteiger partial charge in [-0.25, -0.2) is 4.98 Å². The van der Waals surface area contributed by atoms with E-state index in [9.17, 15) is 4.79 Å². The van der Waals surface area contributed by atoms with Gasteiger partial charge in [0.2, 0.25) is 5.88 Å². The molecule has 0 N–H and O–H groups in total. The third kappa shape index (κ3) is 3.93. The van der Waals surface area contributed by atoms with E-state index in [0.29, 0.717) is 43.7 Å². The number of carbonyl (C=O) groups is 1. The molecule has 1 amide bonds. The molecule has 2 aromatic heterocycles. The van der Waals surface area contributed by atoms with Gasteiger partial charge >= 0.3 is 0 Å². The molecule has 3 aromatic rings. The zero-order chi connectivity index (χ0) is 21.4. The molecule has 0 radical (unpaired) electrons. The van der Waals surface area contributed by atoms with Crippen LogP contribution in [0.1, 0.15) is 33.6 Å². The van der Waals surface area contributed by atoms with E-state index in [-0.39, 0.29) is 5.91 Å². The number of fused-ring (bicyclic) bond motifs is 1. The number of hydrogen-bond acceptors (Lipinski definition) is 5. The molecular formula is C24H26N4O3. The molecule has 7 nitrogen and oxygen atoms in total. The zero-order valence-corrected chi connectivity index (χ0v) is 17.9. The maximum Gasteiger partial charge on any atom is 0.260 e. The Balaban J connectivity index is 1.28. The fourth-order valence-electron chi connectivity index (χ4n) is 4.32. The standard InChI is InChI=1S/C24H26N4O3/c1-16-21(13-27(2)26-16)19-5-3-17(4-6-19)11-28-12-20-7-9-25-23(22(20)24(28)29)31-15-18-8-10-30-14-18/h3-7,9,13,18H,8,10-12,14-15H2,1-2H3. The summed E-state index contributed by atoms with van der Waals surface area (Å²) in [7, 11) is 1.93. The van der Waals surface area contributed by atoms with Crippen LogP contribution in [0.25, 0.3) is 11.1 Å². The maximum absolute atomic E-state index is 13.1. The number of amides is 1. The van der Waals surface area contributed by atoms with Crippen LogP contribution in [0.5, 0.6) is 5.88 Å². The quantitative estimate of drug-likeness (QED) is 0.614. The molecule has 2 aliphatic rings. The molecule has 0 bridgehead atoms. The van der Waals surface area contributed by atoms with Gasteiger partial charge in [0, 0.05) is 50.6 Å². The SMILES string of the molecule is Cc1nn(C)cc1-c1ccc(CN2Cc3ccnc(OCC4CCOC4)c3C2=O)cc1. The minimum atomic E-state index is -0.0204. The number of nitrogens with zero attached hydrogens (tertiary/aromatic N) is 4. The molecule has 31 heavy (non-hydrogen) atoms. The highest BCUT2D eigenvalue weighted by molar-refractivity contribution is 6.00. The van der Waals surface area contributed by atoms with Gasteiger partial charge in [-0.05, 0) is 36.1 Å². The van der Waals surface area contributed by atoms with Crippen molar-refractivity contribution in [2.24, 2.45) is 13.0 Å². The van der Waals surface area contributed by atoms with Gasteiger partial charge in [0.25, 0.3) is 5.91 Å². The fraction of sp³-hybridized carbons (Fsp3) is 0.375. The first kappa shape index (κ1) is 19.8. The van der Waals surface area contributed by atoms with E-state index in [1.165, 1.54) is 0 Å². The van der Waals surface area contributed by atoms with Crippen molar-refractivity contribution in [3.63, 3.8) is 0 Å². The highest BCUT2D eigenvalue weighted by Crippen LogP contribution is 2.31. The number of ether oxygens (including phenoxy) is 2. The fourth-order valence-corrected chi connectivity index (χ4v) is 4.32. The Kier molecular flexibility index (Phi) is 5.19. The molecular weight excluding hydrogens is 392 g/mol. The maximum atomic E-state index is 13.1. The number of rotatable bonds is 6. The Morgan fingerprint density at radius 2 is 2.06 bits per heavy atom. The van der Waals surface area contributed by atoms with E-state index >= 15 is 0 Å². The Morgan fingerprint density at radius 1 is 1.23 bits per heavy atom. The summed E-state index contributed by atoms with van der Waals surface area (Å²) in [4.78, 5) is 19.3. The van der Waals surface area contributed by atoms with Crippen LogP contribution >= 0.6 is 0 Å². The van der Waals surface area contributed by atoms with Crippen molar-refractivity contribution in [1.82, 2.24) is 19.7 Å². The van der Waals surface area contributed by atoms with E-state index < -0.39 is 0 Å². The van der Waals surface area contributed by atoms with Crippen LogP contribution in [-0.2, 0) is 24.9 Å². The number of carbonyl (C=O) groups excluding carboxylic acids is 1. The van der Waals surface area contributed by atoms with Crippen LogP contribution in [-0.4, -0.2) is 45.4 Å². The molecule has 1 atom stereocenters. The topological polar surface area (TPSA) is 69.5 Å². The second-order valence-electron chi connectivity index (χ2n) is 8.35. The third-order valence-corrected chi connectivity index (χ3v) is 6.00. The van der Waals surface area contributed by atoms with Crippen LogP contribution < -0.4 is 4.74 Å². The van der Waals surface area contributed by atoms with Crippen molar-refractivity contribution < 1.29 is 14.3 Å². The Hall–Kier alpha value is -3.19. The second-order valence-corrected chi connectivity index (χ2v) is 8.35. The highest BCUT2D eigenvalue weighted by Gasteiger charge is 2.32. The average Bonchev–Trinajstić information content (AvgIpc) is 3.48. The van der Waals surface area contributed by atoms with Crippen molar-refractivity contribution >= 4 is 5.91 Å². The van der Waals surface area contributed by atoms with Gasteiger partial charge in [-0.15, -0.1) is 0 Å². The predicted molar refractivity (Wildman–Crippen MR) is 116 cm³/mol. The van der Waals surface area contributed by atoms with Crippen molar-refractivity contribution in [1.29, 1.82) is 0 Å². The lowest BCUT2D eigenvalue weighted by Crippen LogP contribution is -2.23. The minimum Gasteiger partial charge on any atom is -0.477 e. The minimum absolute atomic E-state index is 0.0204. The van der Waals surface area contributed by atoms with Gasteiger partial charge in [0.15, 0.2) is 0 Å². The molecule has 5 rings (SSSR count). The second kappa shape index (κ2) is 8.15. The highest BCUT2D eigenvalue weighted by atomic mass is 16.5. The molecule has 7 heteroatoms. The molecule has 1 aromatic carbocycles. The van der Waals surface area contributed by atoms with Crippen molar-refractivity contribution in [3.8, 4) is 17.0 Å². The summed E-state index contributed by atoms with van der Waals surface area (Å²) < 4.78 is 13.2. The van der Waals surface area contributed by atoms with E-state index in [1.54, 1.807) is 6.20 Å². The number of pyridine rings is 1. The van der Waals surface area contributed by atoms with Crippen LogP contribution in [0.3, 0.4) is 0 Å². The van der Waals surface area contributed by atoms with E-state index in [4.69, 9.17) is 9.47 Å². The number of aromatic nitrogens is 3. The first-order valence-electron chi connectivity index (χ1n) is 10.7. The summed E-state index contributed by atoms with van der Waals surface area (Å²) in [6.45, 7) is 5.16. The molecule has 160 valence electrons. The van der Waals surface area contributed by atoms with Crippen molar-refractivity contribution in [3.05, 3.63) is 65.1 Å². The lowest BCUT2D eigenvalue weighted by molar-refractivity contribution is 0.0762. The normalized spacial score (nSPS) is 17.9. The first-order valence-corrected chi connectivity index (χ1v) is 10.7. The van der Waals surface area contributed by atoms with Gasteiger partial charge in [-0.1, -0.05) is 24.3 Å². The molecule has 1 unspecified atom stereocenters. The van der Waals surface area contributed by atoms with Crippen LogP contribution in [0.15, 0.2) is 42.7 Å². The van der Waals surface area contributed by atoms with Gasteiger partial charge in [-0.2, -0.15) is 5.10 Å². The van der Waals surface area contributed by atoms with Gasteiger partial charge in [-0.3, -0.25) is 9.48 Å². The molecule has 4 heterocycles. The Bertz CT molecular complexity index is 1100. The van der Waals surface area contributed by atoms with Crippen LogP contribution in [0.4, 0.5) is 0 Å². The van der Waals surface area contributed by atoms with Gasteiger partial charge in [0.1, 0.15) is 5.56 Å². The largest absolute Gasteiger partial charge is 0.477 e. The molecule has 0 saturated carbocycles. The lowest BCUT2D eigenvalue weighted by atomic mass is 10.0. The summed E-state index contributed by atoms with van der Waals surface area (Å²) in [6.07, 6.45) is 4.74. The Morgan fingerprint density at radius 3 is 2.77 bits per heavy atom. The monoisotopic (exact) mass is 418 g/mol. The molecule has 2 aliphatic heterocycles. The van der Waals surface area contributed by atoms with Crippen LogP contribution in [0.2, 0.25) is 0 Å². The predicted octanol–water partition coefficient (Wildman–Crippen LogP) is 3.36. The van der Waals surface area contributed by atoms with Crippen molar-refractivity contribution in [2.75, 3.05) is 19.8 Å². The molecule has 1 fully saturated rings.